The summed E-state index contributed by atoms with van der Waals surface area (Å²) in [5.74, 6) is -0.0704. The number of nitrogens with one attached hydrogen (secondary N) is 2. The van der Waals surface area contributed by atoms with Crippen molar-refractivity contribution in [1.82, 2.24) is 20.2 Å². The summed E-state index contributed by atoms with van der Waals surface area (Å²) in [5, 5.41) is 9.82. The number of aryl methyl sites for hydroxylation is 1. The van der Waals surface area contributed by atoms with Crippen molar-refractivity contribution in [3.8, 4) is 0 Å². The van der Waals surface area contributed by atoms with Gasteiger partial charge in [0.1, 0.15) is 4.88 Å². The molecule has 1 amide bonds. The summed E-state index contributed by atoms with van der Waals surface area (Å²) in [5.41, 5.74) is 0.698. The molecule has 0 saturated heterocycles. The molecule has 1 heterocycles. The monoisotopic (exact) mass is 228 g/mol. The molecule has 0 bridgehead atoms. The van der Waals surface area contributed by atoms with Crippen molar-refractivity contribution in [2.75, 3.05) is 19.6 Å². The van der Waals surface area contributed by atoms with Gasteiger partial charge in [0.05, 0.1) is 5.69 Å². The van der Waals surface area contributed by atoms with Gasteiger partial charge < -0.3 is 10.6 Å². The molecule has 0 unspecified atom stereocenters. The highest BCUT2D eigenvalue weighted by molar-refractivity contribution is 7.07. The fourth-order valence-electron chi connectivity index (χ4n) is 1.11. The normalized spacial score (nSPS) is 10.3. The van der Waals surface area contributed by atoms with Crippen molar-refractivity contribution < 1.29 is 4.79 Å². The van der Waals surface area contributed by atoms with Crippen LogP contribution in [0, 0.1) is 6.92 Å². The zero-order chi connectivity index (χ0) is 11.1. The predicted octanol–water partition coefficient (Wildman–Crippen LogP) is 0.576. The average molecular weight is 228 g/mol. The van der Waals surface area contributed by atoms with Gasteiger partial charge in [0, 0.05) is 6.54 Å². The maximum Gasteiger partial charge on any atom is 0.264 e. The summed E-state index contributed by atoms with van der Waals surface area (Å²) in [6.07, 6.45) is 0.935. The molecule has 6 heteroatoms. The summed E-state index contributed by atoms with van der Waals surface area (Å²) in [7, 11) is 0. The van der Waals surface area contributed by atoms with Crippen LogP contribution in [-0.4, -0.2) is 35.1 Å². The number of carbonyl (C=O) groups excluding carboxylic acids is 1. The standard InChI is InChI=1S/C9H16N4OS/c1-3-10-5-4-6-11-9(14)8-7(2)12-13-15-8/h10H,3-6H2,1-2H3,(H,11,14). The molecule has 0 fully saturated rings. The van der Waals surface area contributed by atoms with Crippen LogP contribution in [-0.2, 0) is 0 Å². The van der Waals surface area contributed by atoms with Gasteiger partial charge in [-0.2, -0.15) is 0 Å². The molecule has 1 aromatic heterocycles. The molecule has 0 aliphatic rings. The molecular formula is C9H16N4OS. The van der Waals surface area contributed by atoms with Gasteiger partial charge in [-0.05, 0) is 38.0 Å². The van der Waals surface area contributed by atoms with Crippen LogP contribution in [0.3, 0.4) is 0 Å². The summed E-state index contributed by atoms with van der Waals surface area (Å²) < 4.78 is 3.72. The quantitative estimate of drug-likeness (QED) is 0.699. The van der Waals surface area contributed by atoms with Gasteiger partial charge >= 0.3 is 0 Å². The van der Waals surface area contributed by atoms with Crippen LogP contribution in [0.2, 0.25) is 0 Å². The zero-order valence-corrected chi connectivity index (χ0v) is 9.86. The summed E-state index contributed by atoms with van der Waals surface area (Å²) >= 11 is 1.14. The van der Waals surface area contributed by atoms with Crippen molar-refractivity contribution in [2.45, 2.75) is 20.3 Å². The van der Waals surface area contributed by atoms with Crippen LogP contribution >= 0.6 is 11.5 Å². The number of amides is 1. The molecule has 1 aromatic rings. The Kier molecular flexibility index (Phi) is 5.20. The first-order valence-electron chi connectivity index (χ1n) is 5.03. The van der Waals surface area contributed by atoms with Crippen molar-refractivity contribution >= 4 is 17.4 Å². The molecule has 0 aliphatic carbocycles. The van der Waals surface area contributed by atoms with Crippen LogP contribution in [0.5, 0.6) is 0 Å². The Labute approximate surface area is 93.4 Å². The first-order chi connectivity index (χ1) is 7.25. The second-order valence-corrected chi connectivity index (χ2v) is 3.90. The molecule has 2 N–H and O–H groups in total. The van der Waals surface area contributed by atoms with Gasteiger partial charge in [-0.25, -0.2) is 0 Å². The fourth-order valence-corrected chi connectivity index (χ4v) is 1.69. The van der Waals surface area contributed by atoms with E-state index in [0.29, 0.717) is 17.1 Å². The summed E-state index contributed by atoms with van der Waals surface area (Å²) in [6.45, 7) is 6.42. The third-order valence-corrected chi connectivity index (χ3v) is 2.75. The zero-order valence-electron chi connectivity index (χ0n) is 9.04. The minimum Gasteiger partial charge on any atom is -0.351 e. The number of aromatic nitrogens is 2. The Hall–Kier alpha value is -1.01. The van der Waals surface area contributed by atoms with E-state index in [0.717, 1.165) is 31.0 Å². The number of nitrogens with zero attached hydrogens (tertiary/aromatic N) is 2. The van der Waals surface area contributed by atoms with E-state index in [9.17, 15) is 4.79 Å². The van der Waals surface area contributed by atoms with Crippen molar-refractivity contribution in [3.63, 3.8) is 0 Å². The third kappa shape index (κ3) is 3.93. The minimum absolute atomic E-state index is 0.0704. The Balaban J connectivity index is 2.22. The van der Waals surface area contributed by atoms with Crippen LogP contribution < -0.4 is 10.6 Å². The molecule has 1 rings (SSSR count). The number of carbonyl (C=O) groups is 1. The molecule has 0 radical (unpaired) electrons. The number of hydrogen-bond donors (Lipinski definition) is 2. The van der Waals surface area contributed by atoms with E-state index in [1.807, 2.05) is 0 Å². The SMILES string of the molecule is CCNCCCNC(=O)c1snnc1C. The number of hydrogen-bond acceptors (Lipinski definition) is 5. The van der Waals surface area contributed by atoms with Crippen LogP contribution in [0.1, 0.15) is 28.7 Å². The van der Waals surface area contributed by atoms with E-state index in [1.54, 1.807) is 6.92 Å². The number of rotatable bonds is 6. The van der Waals surface area contributed by atoms with E-state index in [4.69, 9.17) is 0 Å². The van der Waals surface area contributed by atoms with Gasteiger partial charge in [-0.3, -0.25) is 4.79 Å². The molecule has 0 saturated carbocycles. The van der Waals surface area contributed by atoms with Gasteiger partial charge in [-0.15, -0.1) is 5.10 Å². The lowest BCUT2D eigenvalue weighted by Gasteiger charge is -2.03. The maximum absolute atomic E-state index is 11.6. The first-order valence-corrected chi connectivity index (χ1v) is 5.81. The topological polar surface area (TPSA) is 66.9 Å². The lowest BCUT2D eigenvalue weighted by atomic mass is 10.3. The van der Waals surface area contributed by atoms with Crippen molar-refractivity contribution in [2.24, 2.45) is 0 Å². The Morgan fingerprint density at radius 2 is 2.27 bits per heavy atom. The summed E-state index contributed by atoms with van der Waals surface area (Å²) in [6, 6.07) is 0. The highest BCUT2D eigenvalue weighted by atomic mass is 32.1. The van der Waals surface area contributed by atoms with Gasteiger partial charge in [-0.1, -0.05) is 11.4 Å². The highest BCUT2D eigenvalue weighted by Crippen LogP contribution is 2.07. The van der Waals surface area contributed by atoms with E-state index < -0.39 is 0 Å². The molecule has 0 aliphatic heterocycles. The summed E-state index contributed by atoms with van der Waals surface area (Å²) in [4.78, 5) is 12.2. The van der Waals surface area contributed by atoms with Gasteiger partial charge in [0.25, 0.3) is 5.91 Å². The van der Waals surface area contributed by atoms with E-state index in [-0.39, 0.29) is 5.91 Å². The molecule has 84 valence electrons. The highest BCUT2D eigenvalue weighted by Gasteiger charge is 2.11. The molecule has 5 nitrogen and oxygen atoms in total. The fraction of sp³-hybridized carbons (Fsp3) is 0.667. The lowest BCUT2D eigenvalue weighted by Crippen LogP contribution is -2.27. The average Bonchev–Trinajstić information content (AvgIpc) is 2.64. The van der Waals surface area contributed by atoms with Gasteiger partial charge in [0.2, 0.25) is 0 Å². The van der Waals surface area contributed by atoms with Crippen LogP contribution in [0.25, 0.3) is 0 Å². The van der Waals surface area contributed by atoms with Crippen molar-refractivity contribution in [1.29, 1.82) is 0 Å². The van der Waals surface area contributed by atoms with Gasteiger partial charge in [0.15, 0.2) is 0 Å². The Morgan fingerprint density at radius 3 is 2.87 bits per heavy atom. The molecular weight excluding hydrogens is 212 g/mol. The van der Waals surface area contributed by atoms with E-state index in [2.05, 4.69) is 27.1 Å². The maximum atomic E-state index is 11.6. The largest absolute Gasteiger partial charge is 0.351 e. The third-order valence-electron chi connectivity index (χ3n) is 1.92. The molecule has 0 spiro atoms. The second-order valence-electron chi connectivity index (χ2n) is 3.15. The van der Waals surface area contributed by atoms with E-state index in [1.165, 1.54) is 0 Å². The minimum atomic E-state index is -0.0704. The molecule has 15 heavy (non-hydrogen) atoms. The smallest absolute Gasteiger partial charge is 0.264 e. The lowest BCUT2D eigenvalue weighted by molar-refractivity contribution is 0.0956. The Morgan fingerprint density at radius 1 is 1.47 bits per heavy atom. The molecule has 0 aromatic carbocycles. The second kappa shape index (κ2) is 6.47. The molecule has 0 atom stereocenters. The Bertz CT molecular complexity index is 313. The first kappa shape index (κ1) is 12.1. The van der Waals surface area contributed by atoms with E-state index >= 15 is 0 Å². The van der Waals surface area contributed by atoms with Crippen LogP contribution in [0.15, 0.2) is 0 Å². The predicted molar refractivity (Wildman–Crippen MR) is 60.1 cm³/mol. The van der Waals surface area contributed by atoms with Crippen molar-refractivity contribution in [3.05, 3.63) is 10.6 Å². The van der Waals surface area contributed by atoms with Crippen LogP contribution in [0.4, 0.5) is 0 Å².